The summed E-state index contributed by atoms with van der Waals surface area (Å²) < 4.78 is 11.1. The maximum Gasteiger partial charge on any atom is 0.311 e. The number of thiophene rings is 1. The van der Waals surface area contributed by atoms with E-state index in [1.165, 1.54) is 16.9 Å². The quantitative estimate of drug-likeness (QED) is 0.542. The third-order valence-electron chi connectivity index (χ3n) is 4.55. The van der Waals surface area contributed by atoms with Gasteiger partial charge >= 0.3 is 5.97 Å². The number of rotatable bonds is 4. The molecule has 1 aliphatic heterocycles. The molecule has 0 atom stereocenters. The molecule has 2 heterocycles. The monoisotopic (exact) mass is 368 g/mol. The van der Waals surface area contributed by atoms with Gasteiger partial charge in [-0.1, -0.05) is 50.4 Å². The third-order valence-corrected chi connectivity index (χ3v) is 5.43. The topological polar surface area (TPSA) is 35.5 Å². The summed E-state index contributed by atoms with van der Waals surface area (Å²) in [5.41, 5.74) is 2.29. The van der Waals surface area contributed by atoms with Crippen LogP contribution in [0.4, 0.5) is 0 Å². The molecular weight excluding hydrogens is 344 g/mol. The second-order valence-corrected chi connectivity index (χ2v) is 8.19. The van der Waals surface area contributed by atoms with Crippen molar-refractivity contribution < 1.29 is 14.3 Å². The van der Waals surface area contributed by atoms with Crippen LogP contribution in [-0.2, 0) is 10.2 Å². The van der Waals surface area contributed by atoms with Crippen LogP contribution < -0.4 is 9.47 Å². The van der Waals surface area contributed by atoms with Crippen molar-refractivity contribution in [2.75, 3.05) is 6.61 Å². The predicted octanol–water partition coefficient (Wildman–Crippen LogP) is 5.30. The summed E-state index contributed by atoms with van der Waals surface area (Å²) in [6, 6.07) is 9.83. The van der Waals surface area contributed by atoms with E-state index in [-0.39, 0.29) is 11.4 Å². The molecule has 0 spiro atoms. The van der Waals surface area contributed by atoms with E-state index in [0.29, 0.717) is 11.5 Å². The lowest BCUT2D eigenvalue weighted by Gasteiger charge is -2.32. The minimum Gasteiger partial charge on any atom is -0.493 e. The van der Waals surface area contributed by atoms with Gasteiger partial charge in [0.05, 0.1) is 11.5 Å². The van der Waals surface area contributed by atoms with E-state index >= 15 is 0 Å². The minimum atomic E-state index is -0.176. The van der Waals surface area contributed by atoms with Crippen molar-refractivity contribution in [2.24, 2.45) is 0 Å². The normalized spacial score (nSPS) is 14.6. The van der Waals surface area contributed by atoms with Crippen LogP contribution in [0, 0.1) is 11.8 Å². The minimum absolute atomic E-state index is 0.105. The number of ether oxygens (including phenoxy) is 2. The summed E-state index contributed by atoms with van der Waals surface area (Å²) in [6.07, 6.45) is 3.31. The van der Waals surface area contributed by atoms with Crippen molar-refractivity contribution in [1.82, 2.24) is 0 Å². The van der Waals surface area contributed by atoms with Gasteiger partial charge < -0.3 is 9.47 Å². The zero-order valence-corrected chi connectivity index (χ0v) is 16.4. The van der Waals surface area contributed by atoms with E-state index in [2.05, 4.69) is 38.7 Å². The molecule has 1 aliphatic rings. The molecule has 26 heavy (non-hydrogen) atoms. The summed E-state index contributed by atoms with van der Waals surface area (Å²) in [5, 5.41) is 0.607. The van der Waals surface area contributed by atoms with Gasteiger partial charge in [0.1, 0.15) is 5.75 Å². The summed E-state index contributed by atoms with van der Waals surface area (Å²) in [7, 11) is 0. The van der Waals surface area contributed by atoms with Crippen molar-refractivity contribution in [1.29, 1.82) is 0 Å². The molecule has 0 fully saturated rings. The van der Waals surface area contributed by atoms with Crippen LogP contribution in [0.5, 0.6) is 10.8 Å². The Kier molecular flexibility index (Phi) is 5.68. The smallest absolute Gasteiger partial charge is 0.311 e. The maximum absolute atomic E-state index is 11.7. The first-order valence-corrected chi connectivity index (χ1v) is 9.89. The molecule has 1 aromatic carbocycles. The van der Waals surface area contributed by atoms with E-state index in [4.69, 9.17) is 9.47 Å². The van der Waals surface area contributed by atoms with E-state index < -0.39 is 0 Å². The first kappa shape index (κ1) is 18.5. The fourth-order valence-electron chi connectivity index (χ4n) is 2.87. The first-order chi connectivity index (χ1) is 12.5. The fraction of sp³-hybridized carbons (Fsp3) is 0.409. The Labute approximate surface area is 159 Å². The molecule has 3 nitrogen and oxygen atoms in total. The van der Waals surface area contributed by atoms with Crippen LogP contribution >= 0.6 is 11.3 Å². The zero-order valence-electron chi connectivity index (χ0n) is 15.6. The Balaban J connectivity index is 1.71. The summed E-state index contributed by atoms with van der Waals surface area (Å²) in [4.78, 5) is 12.6. The van der Waals surface area contributed by atoms with Gasteiger partial charge in [-0.15, -0.1) is 0 Å². The van der Waals surface area contributed by atoms with Crippen LogP contribution in [0.3, 0.4) is 0 Å². The van der Waals surface area contributed by atoms with Gasteiger partial charge in [-0.05, 0) is 48.6 Å². The molecule has 0 unspecified atom stereocenters. The third kappa shape index (κ3) is 4.47. The average molecular weight is 368 g/mol. The molecule has 1 aromatic heterocycles. The number of carbonyl (C=O) groups excluding carboxylic acids is 1. The number of benzene rings is 1. The fourth-order valence-corrected chi connectivity index (χ4v) is 3.60. The number of unbranched alkanes of at least 4 members (excludes halogenated alkanes) is 1. The molecule has 3 rings (SSSR count). The largest absolute Gasteiger partial charge is 0.493 e. The highest BCUT2D eigenvalue weighted by molar-refractivity contribution is 7.14. The molecule has 136 valence electrons. The Hall–Kier alpha value is -2.25. The van der Waals surface area contributed by atoms with Gasteiger partial charge in [-0.25, -0.2) is 0 Å². The van der Waals surface area contributed by atoms with Crippen molar-refractivity contribution in [3.63, 3.8) is 0 Å². The van der Waals surface area contributed by atoms with Gasteiger partial charge in [0.25, 0.3) is 0 Å². The molecule has 0 aliphatic carbocycles. The Morgan fingerprint density at radius 2 is 2.12 bits per heavy atom. The van der Waals surface area contributed by atoms with Gasteiger partial charge in [-0.2, -0.15) is 0 Å². The van der Waals surface area contributed by atoms with Crippen molar-refractivity contribution in [3.05, 3.63) is 46.3 Å². The van der Waals surface area contributed by atoms with Crippen molar-refractivity contribution >= 4 is 17.3 Å². The Bertz CT molecular complexity index is 852. The van der Waals surface area contributed by atoms with Crippen molar-refractivity contribution in [3.8, 4) is 22.7 Å². The summed E-state index contributed by atoms with van der Waals surface area (Å²) >= 11 is 1.40. The van der Waals surface area contributed by atoms with Crippen LogP contribution in [-0.4, -0.2) is 12.6 Å². The number of hydrogen-bond acceptors (Lipinski definition) is 4. The van der Waals surface area contributed by atoms with Crippen LogP contribution in [0.25, 0.3) is 0 Å². The number of carbonyl (C=O) groups is 1. The lowest BCUT2D eigenvalue weighted by molar-refractivity contribution is -0.134. The molecule has 2 aromatic rings. The molecule has 0 bridgehead atoms. The van der Waals surface area contributed by atoms with E-state index in [1.54, 1.807) is 0 Å². The van der Waals surface area contributed by atoms with Gasteiger partial charge in [0, 0.05) is 17.5 Å². The number of fused-ring (bicyclic) bond motifs is 1. The zero-order chi connectivity index (χ0) is 18.6. The molecule has 0 N–H and O–H groups in total. The Morgan fingerprint density at radius 1 is 1.27 bits per heavy atom. The summed E-state index contributed by atoms with van der Waals surface area (Å²) in [5.74, 6) is 7.17. The molecular formula is C22H24O3S. The maximum atomic E-state index is 11.7. The Morgan fingerprint density at radius 3 is 2.92 bits per heavy atom. The highest BCUT2D eigenvalue weighted by Crippen LogP contribution is 2.38. The van der Waals surface area contributed by atoms with Gasteiger partial charge in [-0.3, -0.25) is 4.79 Å². The van der Waals surface area contributed by atoms with Crippen LogP contribution in [0.2, 0.25) is 0 Å². The predicted molar refractivity (Wildman–Crippen MR) is 105 cm³/mol. The van der Waals surface area contributed by atoms with Crippen molar-refractivity contribution in [2.45, 2.75) is 51.9 Å². The second-order valence-electron chi connectivity index (χ2n) is 7.14. The van der Waals surface area contributed by atoms with Crippen LogP contribution in [0.15, 0.2) is 30.3 Å². The second kappa shape index (κ2) is 7.97. The average Bonchev–Trinajstić information content (AvgIpc) is 3.05. The van der Waals surface area contributed by atoms with E-state index in [9.17, 15) is 4.79 Å². The molecule has 0 amide bonds. The lowest BCUT2D eigenvalue weighted by Crippen LogP contribution is -2.26. The van der Waals surface area contributed by atoms with Gasteiger partial charge in [0.2, 0.25) is 0 Å². The van der Waals surface area contributed by atoms with Crippen LogP contribution in [0.1, 0.15) is 62.5 Å². The SMILES string of the molecule is CCCCC(=O)Oc1ccc(C#Cc2ccc3c(c2)C(C)(C)CCO3)s1. The first-order valence-electron chi connectivity index (χ1n) is 9.08. The molecule has 0 radical (unpaired) electrons. The van der Waals surface area contributed by atoms with E-state index in [1.807, 2.05) is 24.3 Å². The van der Waals surface area contributed by atoms with E-state index in [0.717, 1.165) is 42.1 Å². The van der Waals surface area contributed by atoms with Gasteiger partial charge in [0.15, 0.2) is 5.06 Å². The summed E-state index contributed by atoms with van der Waals surface area (Å²) in [6.45, 7) is 7.30. The standard InChI is InChI=1S/C22H24O3S/c1-4-5-6-20(23)25-21-12-10-17(26-21)9-7-16-8-11-19-18(15-16)22(2,3)13-14-24-19/h8,10-12,15H,4-6,13-14H2,1-3H3. The molecule has 4 heteroatoms. The molecule has 0 saturated carbocycles. The number of hydrogen-bond donors (Lipinski definition) is 0. The lowest BCUT2D eigenvalue weighted by atomic mass is 9.79. The highest BCUT2D eigenvalue weighted by Gasteiger charge is 2.28. The molecule has 0 saturated heterocycles. The number of esters is 1. The highest BCUT2D eigenvalue weighted by atomic mass is 32.1.